The Bertz CT molecular complexity index is 5630. The van der Waals surface area contributed by atoms with Crippen molar-refractivity contribution in [1.29, 1.82) is 0 Å². The van der Waals surface area contributed by atoms with Crippen LogP contribution < -0.4 is 5.46 Å². The van der Waals surface area contributed by atoms with Gasteiger partial charge in [-0.1, -0.05) is 285 Å². The molecule has 0 unspecified atom stereocenters. The normalized spacial score (nSPS) is 18.7. The first-order valence-corrected chi connectivity index (χ1v) is 36.7. The maximum absolute atomic E-state index is 6.62. The van der Waals surface area contributed by atoms with E-state index in [1.165, 1.54) is 171 Å². The molecule has 3 aromatic heterocycles. The first-order chi connectivity index (χ1) is 46.5. The molecule has 0 bridgehead atoms. The van der Waals surface area contributed by atoms with Crippen LogP contribution in [0.2, 0.25) is 0 Å². The van der Waals surface area contributed by atoms with Crippen LogP contribution in [0.15, 0.2) is 203 Å². The van der Waals surface area contributed by atoms with Crippen LogP contribution in [0.5, 0.6) is 0 Å². The van der Waals surface area contributed by atoms with Crippen LogP contribution in [0.3, 0.4) is 0 Å². The van der Waals surface area contributed by atoms with Crippen molar-refractivity contribution in [3.05, 3.63) is 270 Å². The van der Waals surface area contributed by atoms with E-state index in [4.69, 9.17) is 9.31 Å². The SMILES string of the molecule is Brc1ccc(Br)cc1.CC1(C)c2ccc(-c3ccc(-c4ccc5c6c4C(C)(C)c4cccc7c8cccc(c8n-6c47)C5(C)C)cc3)c3c2-n2c4c1cccc4c1cccc(c12)C3(C)C.CC1(C)c2ccc(B3OC(C)(C)C(C)(C)O3)c3c2-n2c4c1cccc4c1cccc(c12)C3(C)C. The van der Waals surface area contributed by atoms with E-state index in [1.54, 1.807) is 0 Å². The molecule has 0 radical (unpaired) electrons. The van der Waals surface area contributed by atoms with Crippen molar-refractivity contribution in [2.75, 3.05) is 0 Å². The topological polar surface area (TPSA) is 33.2 Å². The Kier molecular flexibility index (Phi) is 12.1. The Morgan fingerprint density at radius 1 is 0.265 bits per heavy atom. The van der Waals surface area contributed by atoms with Crippen LogP contribution in [0, 0.1) is 0 Å². The molecule has 11 aromatic carbocycles. The van der Waals surface area contributed by atoms with Crippen molar-refractivity contribution < 1.29 is 9.31 Å². The van der Waals surface area contributed by atoms with Gasteiger partial charge in [0.1, 0.15) is 0 Å². The molecule has 5 nitrogen and oxygen atoms in total. The Morgan fingerprint density at radius 3 is 0.816 bits per heavy atom. The van der Waals surface area contributed by atoms with Crippen LogP contribution in [-0.2, 0) is 41.8 Å². The molecule has 0 saturated carbocycles. The molecular formula is C90H80BBr2N3O2. The molecule has 7 aliphatic heterocycles. The number of aromatic nitrogens is 3. The number of halogens is 2. The van der Waals surface area contributed by atoms with Gasteiger partial charge in [-0.15, -0.1) is 0 Å². The monoisotopic (exact) mass is 1400 g/mol. The highest BCUT2D eigenvalue weighted by molar-refractivity contribution is 9.11. The molecule has 0 N–H and O–H groups in total. The van der Waals surface area contributed by atoms with Crippen LogP contribution in [0.4, 0.5) is 0 Å². The molecule has 484 valence electrons. The highest BCUT2D eigenvalue weighted by Gasteiger charge is 2.55. The van der Waals surface area contributed by atoms with E-state index in [-0.39, 0.29) is 43.7 Å². The summed E-state index contributed by atoms with van der Waals surface area (Å²) in [6.45, 7) is 37.5. The molecule has 0 atom stereocenters. The first-order valence-electron chi connectivity index (χ1n) is 35.1. The molecule has 10 heterocycles. The second kappa shape index (κ2) is 19.4. The fourth-order valence-electron chi connectivity index (χ4n) is 19.7. The zero-order chi connectivity index (χ0) is 68.0. The van der Waals surface area contributed by atoms with Gasteiger partial charge in [0.05, 0.1) is 61.4 Å². The average molecular weight is 1410 g/mol. The lowest BCUT2D eigenvalue weighted by molar-refractivity contribution is 0.00578. The molecule has 8 heteroatoms. The second-order valence-corrected chi connectivity index (χ2v) is 35.1. The summed E-state index contributed by atoms with van der Waals surface area (Å²) in [5, 5.41) is 8.15. The standard InChI is InChI=1S/C54H44N2.C30H32BNO2.C6H4Br2/c1-51(2)37-17-9-13-33-35-15-11-19-39-47(35)55(45(33)37)49-41(51)27-25-31(43(49)53(39,5)6)29-21-23-30(24-22-29)32-26-28-42-50-44(32)54(7,8)40-20-12-16-36-34-14-10-18-38(52(42,3)4)46(34)56(50)48(36)40;1-27(2)19-13-9-11-17-18-12-10-14-20-25(18)32(24(17)19)26-21(27)15-16-22(23(26)28(20,3)4)31-33-29(5,6)30(7,8)34-31;7-5-1-2-6(8)4-3-5/h9-28H,1-8H3;9-16H,1-8H3;1-4H. The summed E-state index contributed by atoms with van der Waals surface area (Å²) in [5.41, 5.74) is 33.9. The fraction of sp³-hybridized carbons (Fsp3) is 0.267. The van der Waals surface area contributed by atoms with Crippen LogP contribution in [0.25, 0.3) is 105 Å². The van der Waals surface area contributed by atoms with Gasteiger partial charge in [-0.3, -0.25) is 0 Å². The van der Waals surface area contributed by atoms with E-state index in [2.05, 4.69) is 326 Å². The quantitative estimate of drug-likeness (QED) is 0.165. The third-order valence-corrected chi connectivity index (χ3v) is 26.5. The summed E-state index contributed by atoms with van der Waals surface area (Å²) in [6.07, 6.45) is 0. The van der Waals surface area contributed by atoms with Gasteiger partial charge in [0.2, 0.25) is 0 Å². The van der Waals surface area contributed by atoms with Gasteiger partial charge >= 0.3 is 7.12 Å². The second-order valence-electron chi connectivity index (χ2n) is 33.3. The Hall–Kier alpha value is -8.24. The smallest absolute Gasteiger partial charge is 0.399 e. The minimum Gasteiger partial charge on any atom is -0.399 e. The minimum absolute atomic E-state index is 0.101. The van der Waals surface area contributed by atoms with Crippen molar-refractivity contribution in [2.45, 2.75) is 154 Å². The predicted octanol–water partition coefficient (Wildman–Crippen LogP) is 23.3. The molecule has 0 spiro atoms. The van der Waals surface area contributed by atoms with Crippen molar-refractivity contribution in [1.82, 2.24) is 13.7 Å². The summed E-state index contributed by atoms with van der Waals surface area (Å²) in [6, 6.07) is 73.4. The zero-order valence-electron chi connectivity index (χ0n) is 59.0. The molecule has 98 heavy (non-hydrogen) atoms. The maximum Gasteiger partial charge on any atom is 0.495 e. The third kappa shape index (κ3) is 7.45. The summed E-state index contributed by atoms with van der Waals surface area (Å²) < 4.78 is 23.3. The minimum atomic E-state index is -0.392. The lowest BCUT2D eigenvalue weighted by atomic mass is 9.62. The molecule has 0 amide bonds. The summed E-state index contributed by atoms with van der Waals surface area (Å²) in [5.74, 6) is 0. The first kappa shape index (κ1) is 60.9. The van der Waals surface area contributed by atoms with Crippen molar-refractivity contribution >= 4 is 110 Å². The molecule has 0 aliphatic carbocycles. The number of hydrogen-bond donors (Lipinski definition) is 0. The van der Waals surface area contributed by atoms with Crippen LogP contribution >= 0.6 is 31.9 Å². The number of hydrogen-bond acceptors (Lipinski definition) is 2. The largest absolute Gasteiger partial charge is 0.495 e. The Balaban J connectivity index is 0.000000135. The van der Waals surface area contributed by atoms with Gasteiger partial charge < -0.3 is 23.0 Å². The molecule has 1 saturated heterocycles. The van der Waals surface area contributed by atoms with E-state index in [0.29, 0.717) is 0 Å². The van der Waals surface area contributed by atoms with Crippen LogP contribution in [0.1, 0.15) is 178 Å². The summed E-state index contributed by atoms with van der Waals surface area (Å²) >= 11 is 6.65. The Labute approximate surface area is 592 Å². The summed E-state index contributed by atoms with van der Waals surface area (Å²) in [7, 11) is -0.392. The van der Waals surface area contributed by atoms with Crippen molar-refractivity contribution in [3.8, 4) is 39.3 Å². The molecule has 14 aromatic rings. The highest BCUT2D eigenvalue weighted by atomic mass is 79.9. The molecule has 7 aliphatic rings. The van der Waals surface area contributed by atoms with Crippen molar-refractivity contribution in [3.63, 3.8) is 0 Å². The maximum atomic E-state index is 6.62. The number of para-hydroxylation sites is 6. The fourth-order valence-corrected chi connectivity index (χ4v) is 20.2. The van der Waals surface area contributed by atoms with E-state index >= 15 is 0 Å². The number of nitrogens with zero attached hydrogens (tertiary/aromatic N) is 3. The van der Waals surface area contributed by atoms with Crippen molar-refractivity contribution in [2.24, 2.45) is 0 Å². The van der Waals surface area contributed by atoms with Crippen LogP contribution in [-0.4, -0.2) is 32.0 Å². The number of fused-ring (bicyclic) bond motifs is 3. The lowest BCUT2D eigenvalue weighted by Gasteiger charge is -2.43. The van der Waals surface area contributed by atoms with Gasteiger partial charge in [0, 0.05) is 73.8 Å². The molecular weight excluding hydrogens is 1330 g/mol. The molecule has 21 rings (SSSR count). The van der Waals surface area contributed by atoms with E-state index in [9.17, 15) is 0 Å². The Morgan fingerprint density at radius 2 is 0.520 bits per heavy atom. The number of benzene rings is 11. The highest BCUT2D eigenvalue weighted by Crippen LogP contribution is 2.61. The van der Waals surface area contributed by atoms with E-state index in [1.807, 2.05) is 24.3 Å². The van der Waals surface area contributed by atoms with Gasteiger partial charge in [-0.25, -0.2) is 0 Å². The average Bonchev–Trinajstić information content (AvgIpc) is 1.45. The van der Waals surface area contributed by atoms with Gasteiger partial charge in [0.15, 0.2) is 0 Å². The van der Waals surface area contributed by atoms with E-state index in [0.717, 1.165) is 14.4 Å². The number of rotatable bonds is 3. The van der Waals surface area contributed by atoms with Gasteiger partial charge in [-0.05, 0) is 146 Å². The molecule has 1 fully saturated rings. The van der Waals surface area contributed by atoms with E-state index < -0.39 is 7.12 Å². The predicted molar refractivity (Wildman–Crippen MR) is 417 cm³/mol. The van der Waals surface area contributed by atoms with Gasteiger partial charge in [-0.2, -0.15) is 0 Å². The summed E-state index contributed by atoms with van der Waals surface area (Å²) in [4.78, 5) is 0. The third-order valence-electron chi connectivity index (χ3n) is 25.4. The van der Waals surface area contributed by atoms with Gasteiger partial charge in [0.25, 0.3) is 0 Å². The zero-order valence-corrected chi connectivity index (χ0v) is 62.1. The lowest BCUT2D eigenvalue weighted by Crippen LogP contribution is -2.45.